The van der Waals surface area contributed by atoms with Gasteiger partial charge in [-0.15, -0.1) is 0 Å². The Bertz CT molecular complexity index is 1070. The molecule has 1 heterocycles. The van der Waals surface area contributed by atoms with Crippen LogP contribution < -0.4 is 16.4 Å². The van der Waals surface area contributed by atoms with Crippen molar-refractivity contribution in [2.24, 2.45) is 0 Å². The summed E-state index contributed by atoms with van der Waals surface area (Å²) < 4.78 is 0. The van der Waals surface area contributed by atoms with E-state index in [4.69, 9.17) is 0 Å². The first kappa shape index (κ1) is 21.9. The van der Waals surface area contributed by atoms with Gasteiger partial charge in [-0.25, -0.2) is 0 Å². The lowest BCUT2D eigenvalue weighted by Crippen LogP contribution is -2.53. The van der Waals surface area contributed by atoms with Crippen LogP contribution in [0.15, 0.2) is 60.7 Å². The van der Waals surface area contributed by atoms with E-state index in [9.17, 15) is 0 Å². The monoisotopic (exact) mass is 409 g/mol. The van der Waals surface area contributed by atoms with Gasteiger partial charge in [0.05, 0.1) is 0 Å². The van der Waals surface area contributed by atoms with Crippen molar-refractivity contribution in [1.82, 2.24) is 4.90 Å². The number of benzene rings is 3. The molecule has 0 atom stereocenters. The first-order chi connectivity index (χ1) is 14.5. The summed E-state index contributed by atoms with van der Waals surface area (Å²) >= 11 is 0. The second-order valence-corrected chi connectivity index (χ2v) is 11.4. The molecule has 0 bridgehead atoms. The number of hydrogen-bond donors (Lipinski definition) is 0. The maximum absolute atomic E-state index is 2.50. The van der Waals surface area contributed by atoms with Crippen LogP contribution in [0.5, 0.6) is 0 Å². The normalized spacial score (nSPS) is 13.5. The fourth-order valence-electron chi connectivity index (χ4n) is 5.05. The van der Waals surface area contributed by atoms with Crippen molar-refractivity contribution in [1.29, 1.82) is 0 Å². The highest BCUT2D eigenvalue weighted by Crippen LogP contribution is 2.32. The molecule has 0 amide bonds. The zero-order valence-electron chi connectivity index (χ0n) is 20.5. The number of rotatable bonds is 3. The molecule has 0 aliphatic carbocycles. The molecule has 1 aliphatic heterocycles. The molecule has 0 saturated heterocycles. The van der Waals surface area contributed by atoms with E-state index in [0.717, 1.165) is 6.54 Å². The molecule has 3 aromatic rings. The van der Waals surface area contributed by atoms with E-state index in [1.165, 1.54) is 44.2 Å². The lowest BCUT2D eigenvalue weighted by atomic mass is 9.36. The van der Waals surface area contributed by atoms with Crippen LogP contribution in [0, 0.1) is 0 Å². The summed E-state index contributed by atoms with van der Waals surface area (Å²) in [6, 6.07) is 23.0. The quantitative estimate of drug-likeness (QED) is 0.438. The minimum Gasteiger partial charge on any atom is -0.305 e. The topological polar surface area (TPSA) is 3.24 Å². The highest BCUT2D eigenvalue weighted by atomic mass is 15.0. The third-order valence-electron chi connectivity index (χ3n) is 6.55. The second-order valence-electron chi connectivity index (χ2n) is 11.4. The standard InChI is InChI=1S/C29H36BN/c1-28(2,3)21-17-20(19-31(7)8)27(24(18-21)29(4,5)6)30-25-15-11-9-13-22(25)23-14-10-12-16-26(23)30/h9-18H,19H2,1-8H3. The Kier molecular flexibility index (Phi) is 5.42. The van der Waals surface area contributed by atoms with Crippen LogP contribution >= 0.6 is 0 Å². The Morgan fingerprint density at radius 3 is 1.68 bits per heavy atom. The van der Waals surface area contributed by atoms with Gasteiger partial charge in [-0.05, 0) is 52.7 Å². The van der Waals surface area contributed by atoms with E-state index < -0.39 is 0 Å². The summed E-state index contributed by atoms with van der Waals surface area (Å²) in [4.78, 5) is 2.31. The van der Waals surface area contributed by atoms with E-state index in [0.29, 0.717) is 0 Å². The van der Waals surface area contributed by atoms with Crippen LogP contribution in [-0.4, -0.2) is 25.7 Å². The Hall–Kier alpha value is -2.32. The van der Waals surface area contributed by atoms with Crippen LogP contribution in [0.3, 0.4) is 0 Å². The fraction of sp³-hybridized carbons (Fsp3) is 0.379. The molecule has 0 N–H and O–H groups in total. The van der Waals surface area contributed by atoms with Gasteiger partial charge >= 0.3 is 0 Å². The molecule has 0 unspecified atom stereocenters. The summed E-state index contributed by atoms with van der Waals surface area (Å²) in [6.07, 6.45) is 0. The van der Waals surface area contributed by atoms with Crippen molar-refractivity contribution in [2.75, 3.05) is 14.1 Å². The van der Waals surface area contributed by atoms with Crippen molar-refractivity contribution >= 4 is 23.1 Å². The van der Waals surface area contributed by atoms with Gasteiger partial charge in [-0.3, -0.25) is 0 Å². The molecule has 0 radical (unpaired) electrons. The van der Waals surface area contributed by atoms with E-state index in [1.54, 1.807) is 0 Å². The Morgan fingerprint density at radius 2 is 1.23 bits per heavy atom. The molecule has 4 rings (SSSR count). The minimum atomic E-state index is 0.0597. The molecule has 0 saturated carbocycles. The summed E-state index contributed by atoms with van der Waals surface area (Å²) in [5, 5.41) is 0. The van der Waals surface area contributed by atoms with E-state index in [1.807, 2.05) is 0 Å². The van der Waals surface area contributed by atoms with Crippen LogP contribution in [0.1, 0.15) is 58.2 Å². The second kappa shape index (κ2) is 7.67. The van der Waals surface area contributed by atoms with Crippen molar-refractivity contribution in [3.8, 4) is 11.1 Å². The van der Waals surface area contributed by atoms with Gasteiger partial charge in [0.2, 0.25) is 6.71 Å². The van der Waals surface area contributed by atoms with Crippen LogP contribution in [0.25, 0.3) is 11.1 Å². The number of nitrogens with zero attached hydrogens (tertiary/aromatic N) is 1. The van der Waals surface area contributed by atoms with Gasteiger partial charge < -0.3 is 4.90 Å². The van der Waals surface area contributed by atoms with Gasteiger partial charge in [0, 0.05) is 6.54 Å². The zero-order chi connectivity index (χ0) is 22.6. The van der Waals surface area contributed by atoms with Gasteiger partial charge in [0.25, 0.3) is 0 Å². The van der Waals surface area contributed by atoms with Crippen LogP contribution in [0.2, 0.25) is 0 Å². The summed E-state index contributed by atoms with van der Waals surface area (Å²) in [5.74, 6) is 0. The van der Waals surface area contributed by atoms with Gasteiger partial charge in [-0.1, -0.05) is 119 Å². The predicted molar refractivity (Wildman–Crippen MR) is 138 cm³/mol. The lowest BCUT2D eigenvalue weighted by Gasteiger charge is -2.32. The molecule has 0 aromatic heterocycles. The maximum Gasteiger partial charge on any atom is 0.243 e. The average molecular weight is 409 g/mol. The Labute approximate surface area is 189 Å². The van der Waals surface area contributed by atoms with Crippen molar-refractivity contribution in [3.05, 3.63) is 77.4 Å². The molecule has 3 aromatic carbocycles. The predicted octanol–water partition coefficient (Wildman–Crippen LogP) is 4.84. The van der Waals surface area contributed by atoms with Crippen molar-refractivity contribution in [2.45, 2.75) is 58.9 Å². The molecule has 2 heteroatoms. The first-order valence-corrected chi connectivity index (χ1v) is 11.5. The zero-order valence-corrected chi connectivity index (χ0v) is 20.5. The molecule has 1 nitrogen and oxygen atoms in total. The van der Waals surface area contributed by atoms with E-state index in [-0.39, 0.29) is 17.5 Å². The van der Waals surface area contributed by atoms with Gasteiger partial charge in [0.15, 0.2) is 0 Å². The molecule has 160 valence electrons. The summed E-state index contributed by atoms with van der Waals surface area (Å²) in [7, 11) is 4.36. The molecular weight excluding hydrogens is 373 g/mol. The highest BCUT2D eigenvalue weighted by Gasteiger charge is 2.38. The van der Waals surface area contributed by atoms with Crippen molar-refractivity contribution < 1.29 is 0 Å². The number of fused-ring (bicyclic) bond motifs is 3. The van der Waals surface area contributed by atoms with Crippen LogP contribution in [0.4, 0.5) is 0 Å². The molecule has 1 aliphatic rings. The van der Waals surface area contributed by atoms with Crippen LogP contribution in [-0.2, 0) is 17.4 Å². The highest BCUT2D eigenvalue weighted by molar-refractivity contribution is 6.99. The smallest absolute Gasteiger partial charge is 0.243 e. The Balaban J connectivity index is 2.09. The fourth-order valence-corrected chi connectivity index (χ4v) is 5.05. The van der Waals surface area contributed by atoms with Gasteiger partial charge in [-0.2, -0.15) is 0 Å². The molecule has 0 fully saturated rings. The summed E-state index contributed by atoms with van der Waals surface area (Å²) in [5.41, 5.74) is 11.7. The van der Waals surface area contributed by atoms with Crippen molar-refractivity contribution in [3.63, 3.8) is 0 Å². The largest absolute Gasteiger partial charge is 0.305 e. The Morgan fingerprint density at radius 1 is 0.710 bits per heavy atom. The maximum atomic E-state index is 2.50. The SMILES string of the molecule is CN(C)Cc1cc(C(C)(C)C)cc(C(C)(C)C)c1B1c2ccccc2-c2ccccc21. The minimum absolute atomic E-state index is 0.0597. The third-order valence-corrected chi connectivity index (χ3v) is 6.55. The van der Waals surface area contributed by atoms with E-state index in [2.05, 4.69) is 121 Å². The third kappa shape index (κ3) is 3.99. The first-order valence-electron chi connectivity index (χ1n) is 11.5. The molecular formula is C29H36BN. The van der Waals surface area contributed by atoms with E-state index >= 15 is 0 Å². The van der Waals surface area contributed by atoms with Gasteiger partial charge in [0.1, 0.15) is 0 Å². The molecule has 0 spiro atoms. The average Bonchev–Trinajstić information content (AvgIpc) is 3.00. The summed E-state index contributed by atoms with van der Waals surface area (Å²) in [6.45, 7) is 15.3. The molecule has 31 heavy (non-hydrogen) atoms. The number of hydrogen-bond acceptors (Lipinski definition) is 1. The lowest BCUT2D eigenvalue weighted by molar-refractivity contribution is 0.402.